The normalized spacial score (nSPS) is 17.1. The van der Waals surface area contributed by atoms with Crippen molar-refractivity contribution < 1.29 is 14.2 Å². The van der Waals surface area contributed by atoms with Crippen molar-refractivity contribution in [2.75, 3.05) is 46.6 Å². The van der Waals surface area contributed by atoms with Gasteiger partial charge < -0.3 is 24.8 Å². The van der Waals surface area contributed by atoms with E-state index in [0.29, 0.717) is 6.54 Å². The van der Waals surface area contributed by atoms with Crippen LogP contribution < -0.4 is 15.4 Å². The van der Waals surface area contributed by atoms with Crippen LogP contribution in [0.2, 0.25) is 0 Å². The Bertz CT molecular complexity index is 573. The van der Waals surface area contributed by atoms with Gasteiger partial charge in [-0.3, -0.25) is 4.99 Å². The highest BCUT2D eigenvalue weighted by Gasteiger charge is 2.20. The topological polar surface area (TPSA) is 64.1 Å². The number of hydrogen-bond donors (Lipinski definition) is 2. The van der Waals surface area contributed by atoms with Gasteiger partial charge in [0.1, 0.15) is 5.75 Å². The standard InChI is InChI=1S/C21H35N3O3.HI/c1-5-22-20(23-12-6-13-27-19-11-14-26-15-19)24-16-21(2,3)17-7-9-18(25-4)10-8-17;/h7-10,19H,5-6,11-16H2,1-4H3,(H2,22,23,24);1H. The lowest BCUT2D eigenvalue weighted by atomic mass is 9.85. The zero-order valence-corrected chi connectivity index (χ0v) is 20.0. The Morgan fingerprint density at radius 2 is 2.00 bits per heavy atom. The average Bonchev–Trinajstić information content (AvgIpc) is 3.19. The lowest BCUT2D eigenvalue weighted by molar-refractivity contribution is 0.0420. The molecule has 0 saturated carbocycles. The van der Waals surface area contributed by atoms with Gasteiger partial charge in [-0.15, -0.1) is 24.0 Å². The fourth-order valence-electron chi connectivity index (χ4n) is 2.93. The molecule has 0 bridgehead atoms. The van der Waals surface area contributed by atoms with Crippen LogP contribution in [0.1, 0.15) is 39.2 Å². The molecule has 1 aromatic carbocycles. The number of hydrogen-bond acceptors (Lipinski definition) is 4. The van der Waals surface area contributed by atoms with E-state index in [-0.39, 0.29) is 35.5 Å². The molecule has 1 atom stereocenters. The van der Waals surface area contributed by atoms with Gasteiger partial charge in [0.2, 0.25) is 0 Å². The van der Waals surface area contributed by atoms with Crippen LogP contribution >= 0.6 is 24.0 Å². The van der Waals surface area contributed by atoms with Crippen molar-refractivity contribution in [2.24, 2.45) is 4.99 Å². The van der Waals surface area contributed by atoms with Gasteiger partial charge >= 0.3 is 0 Å². The van der Waals surface area contributed by atoms with Gasteiger partial charge in [0.15, 0.2) is 5.96 Å². The first-order valence-electron chi connectivity index (χ1n) is 9.91. The summed E-state index contributed by atoms with van der Waals surface area (Å²) in [6.07, 6.45) is 2.23. The molecule has 1 aromatic rings. The maximum atomic E-state index is 5.80. The average molecular weight is 505 g/mol. The highest BCUT2D eigenvalue weighted by Crippen LogP contribution is 2.25. The van der Waals surface area contributed by atoms with Crippen LogP contribution in [0.15, 0.2) is 29.3 Å². The van der Waals surface area contributed by atoms with Gasteiger partial charge in [-0.1, -0.05) is 26.0 Å². The van der Waals surface area contributed by atoms with Gasteiger partial charge in [-0.05, 0) is 37.5 Å². The summed E-state index contributed by atoms with van der Waals surface area (Å²) in [6.45, 7) is 11.2. The zero-order chi connectivity index (χ0) is 19.5. The van der Waals surface area contributed by atoms with Crippen LogP contribution in [0, 0.1) is 0 Å². The molecule has 1 aliphatic rings. The number of aliphatic imine (C=N–C) groups is 1. The Morgan fingerprint density at radius 3 is 2.61 bits per heavy atom. The van der Waals surface area contributed by atoms with E-state index in [1.54, 1.807) is 7.11 Å². The summed E-state index contributed by atoms with van der Waals surface area (Å²) in [5.74, 6) is 1.72. The van der Waals surface area contributed by atoms with Crippen molar-refractivity contribution in [1.82, 2.24) is 10.6 Å². The van der Waals surface area contributed by atoms with Gasteiger partial charge in [0.25, 0.3) is 0 Å². The second-order valence-corrected chi connectivity index (χ2v) is 7.44. The summed E-state index contributed by atoms with van der Waals surface area (Å²) in [4.78, 5) is 4.78. The molecule has 0 spiro atoms. The van der Waals surface area contributed by atoms with E-state index in [1.807, 2.05) is 12.1 Å². The third kappa shape index (κ3) is 8.53. The van der Waals surface area contributed by atoms with Crippen molar-refractivity contribution in [3.63, 3.8) is 0 Å². The smallest absolute Gasteiger partial charge is 0.191 e. The van der Waals surface area contributed by atoms with Gasteiger partial charge in [0, 0.05) is 31.7 Å². The molecule has 28 heavy (non-hydrogen) atoms. The van der Waals surface area contributed by atoms with Crippen molar-refractivity contribution in [1.29, 1.82) is 0 Å². The van der Waals surface area contributed by atoms with Crippen molar-refractivity contribution in [3.05, 3.63) is 29.8 Å². The molecule has 160 valence electrons. The molecule has 0 radical (unpaired) electrons. The number of methoxy groups -OCH3 is 1. The first-order valence-corrected chi connectivity index (χ1v) is 9.91. The minimum absolute atomic E-state index is 0. The number of rotatable bonds is 10. The predicted octanol–water partition coefficient (Wildman–Crippen LogP) is 3.34. The lowest BCUT2D eigenvalue weighted by Gasteiger charge is -2.24. The summed E-state index contributed by atoms with van der Waals surface area (Å²) >= 11 is 0. The molecule has 1 aliphatic heterocycles. The number of halogens is 1. The van der Waals surface area contributed by atoms with Gasteiger partial charge in [0.05, 0.1) is 26.4 Å². The molecule has 0 aliphatic carbocycles. The summed E-state index contributed by atoms with van der Waals surface area (Å²) < 4.78 is 16.4. The van der Waals surface area contributed by atoms with E-state index in [1.165, 1.54) is 5.56 Å². The fraction of sp³-hybridized carbons (Fsp3) is 0.667. The molecule has 0 amide bonds. The number of nitrogens with zero attached hydrogens (tertiary/aromatic N) is 1. The summed E-state index contributed by atoms with van der Waals surface area (Å²) in [6, 6.07) is 8.22. The molecule has 0 aromatic heterocycles. The maximum Gasteiger partial charge on any atom is 0.191 e. The Balaban J connectivity index is 0.00000392. The monoisotopic (exact) mass is 505 g/mol. The first kappa shape index (κ1) is 25.0. The van der Waals surface area contributed by atoms with E-state index in [2.05, 4.69) is 43.5 Å². The molecule has 2 N–H and O–H groups in total. The maximum absolute atomic E-state index is 5.80. The predicted molar refractivity (Wildman–Crippen MR) is 125 cm³/mol. The minimum Gasteiger partial charge on any atom is -0.497 e. The summed E-state index contributed by atoms with van der Waals surface area (Å²) in [5.41, 5.74) is 1.19. The number of ether oxygens (including phenoxy) is 3. The summed E-state index contributed by atoms with van der Waals surface area (Å²) in [7, 11) is 1.69. The van der Waals surface area contributed by atoms with Crippen LogP contribution in [0.25, 0.3) is 0 Å². The third-order valence-corrected chi connectivity index (χ3v) is 4.70. The van der Waals surface area contributed by atoms with Gasteiger partial charge in [-0.2, -0.15) is 0 Å². The van der Waals surface area contributed by atoms with Gasteiger partial charge in [-0.25, -0.2) is 0 Å². The van der Waals surface area contributed by atoms with Crippen LogP contribution in [-0.2, 0) is 14.9 Å². The minimum atomic E-state index is -0.0553. The molecule has 6 nitrogen and oxygen atoms in total. The van der Waals surface area contributed by atoms with E-state index in [9.17, 15) is 0 Å². The second-order valence-electron chi connectivity index (χ2n) is 7.44. The Morgan fingerprint density at radius 1 is 1.25 bits per heavy atom. The Hall–Kier alpha value is -1.06. The molecule has 1 fully saturated rings. The fourth-order valence-corrected chi connectivity index (χ4v) is 2.93. The van der Waals surface area contributed by atoms with Crippen LogP contribution in [0.5, 0.6) is 5.75 Å². The Labute approximate surface area is 186 Å². The molecular weight excluding hydrogens is 469 g/mol. The van der Waals surface area contributed by atoms with E-state index < -0.39 is 0 Å². The van der Waals surface area contributed by atoms with Crippen LogP contribution in [-0.4, -0.2) is 58.6 Å². The Kier molecular flexibility index (Phi) is 11.8. The number of benzene rings is 1. The van der Waals surface area contributed by atoms with Crippen molar-refractivity contribution in [2.45, 2.75) is 45.1 Å². The molecule has 7 heteroatoms. The molecule has 1 saturated heterocycles. The second kappa shape index (κ2) is 13.2. The van der Waals surface area contributed by atoms with E-state index in [0.717, 1.165) is 57.5 Å². The van der Waals surface area contributed by atoms with Crippen molar-refractivity contribution in [3.8, 4) is 5.75 Å². The molecular formula is C21H36IN3O3. The first-order chi connectivity index (χ1) is 13.0. The SMILES string of the molecule is CCNC(=NCC(C)(C)c1ccc(OC)cc1)NCCCOC1CCOC1.I. The lowest BCUT2D eigenvalue weighted by Crippen LogP contribution is -2.39. The number of nitrogens with one attached hydrogen (secondary N) is 2. The quantitative estimate of drug-likeness (QED) is 0.221. The summed E-state index contributed by atoms with van der Waals surface area (Å²) in [5, 5.41) is 6.71. The van der Waals surface area contributed by atoms with Crippen LogP contribution in [0.3, 0.4) is 0 Å². The molecule has 1 heterocycles. The highest BCUT2D eigenvalue weighted by atomic mass is 127. The largest absolute Gasteiger partial charge is 0.497 e. The zero-order valence-electron chi connectivity index (χ0n) is 17.6. The van der Waals surface area contributed by atoms with E-state index >= 15 is 0 Å². The number of guanidine groups is 1. The molecule has 2 rings (SSSR count). The highest BCUT2D eigenvalue weighted by molar-refractivity contribution is 14.0. The molecule has 1 unspecified atom stereocenters. The van der Waals surface area contributed by atoms with Crippen LogP contribution in [0.4, 0.5) is 0 Å². The van der Waals surface area contributed by atoms with Crippen molar-refractivity contribution >= 4 is 29.9 Å². The van der Waals surface area contributed by atoms with E-state index in [4.69, 9.17) is 19.2 Å². The third-order valence-electron chi connectivity index (χ3n) is 4.70.